The molecule has 0 aliphatic carbocycles. The van der Waals surface area contributed by atoms with Gasteiger partial charge in [0.15, 0.2) is 0 Å². The van der Waals surface area contributed by atoms with Crippen molar-refractivity contribution in [3.8, 4) is 6.07 Å². The Morgan fingerprint density at radius 2 is 2.04 bits per heavy atom. The van der Waals surface area contributed by atoms with Crippen molar-refractivity contribution in [2.45, 2.75) is 19.4 Å². The fourth-order valence-electron chi connectivity index (χ4n) is 3.04. The van der Waals surface area contributed by atoms with E-state index in [2.05, 4.69) is 37.2 Å². The van der Waals surface area contributed by atoms with Crippen molar-refractivity contribution in [1.82, 2.24) is 9.88 Å². The lowest BCUT2D eigenvalue weighted by molar-refractivity contribution is -0.121. The number of hydrogen-bond acceptors (Lipinski definition) is 4. The molecule has 25 heavy (non-hydrogen) atoms. The number of carbonyl (C=O) groups is 1. The van der Waals surface area contributed by atoms with Crippen LogP contribution >= 0.6 is 15.9 Å². The van der Waals surface area contributed by atoms with Crippen LogP contribution in [-0.4, -0.2) is 28.9 Å². The maximum atomic E-state index is 12.4. The van der Waals surface area contributed by atoms with E-state index in [0.29, 0.717) is 5.82 Å². The van der Waals surface area contributed by atoms with E-state index in [9.17, 15) is 10.1 Å². The van der Waals surface area contributed by atoms with E-state index in [4.69, 9.17) is 0 Å². The number of rotatable bonds is 4. The second-order valence-corrected chi connectivity index (χ2v) is 7.09. The number of piperidine rings is 1. The average molecular weight is 399 g/mol. The summed E-state index contributed by atoms with van der Waals surface area (Å²) >= 11 is 3.33. The minimum absolute atomic E-state index is 0.00732. The summed E-state index contributed by atoms with van der Waals surface area (Å²) in [4.78, 5) is 18.9. The van der Waals surface area contributed by atoms with Crippen molar-refractivity contribution in [3.63, 3.8) is 0 Å². The van der Waals surface area contributed by atoms with Crippen LogP contribution < -0.4 is 5.32 Å². The molecule has 1 amide bonds. The molecule has 5 nitrogen and oxygen atoms in total. The van der Waals surface area contributed by atoms with Gasteiger partial charge in [0.25, 0.3) is 0 Å². The number of nitriles is 1. The first-order valence-electron chi connectivity index (χ1n) is 8.28. The Balaban J connectivity index is 1.52. The number of nitrogens with zero attached hydrogens (tertiary/aromatic N) is 3. The first-order valence-corrected chi connectivity index (χ1v) is 9.08. The maximum Gasteiger partial charge on any atom is 0.228 e. The molecule has 1 aliphatic heterocycles. The Hall–Kier alpha value is -2.23. The molecule has 1 aromatic heterocycles. The predicted octanol–water partition coefficient (Wildman–Crippen LogP) is 3.57. The lowest BCUT2D eigenvalue weighted by atomic mass is 9.95. The monoisotopic (exact) mass is 398 g/mol. The van der Waals surface area contributed by atoms with Gasteiger partial charge in [0.05, 0.1) is 11.6 Å². The number of likely N-dealkylation sites (tertiary alicyclic amines) is 1. The fourth-order valence-corrected chi connectivity index (χ4v) is 3.27. The van der Waals surface area contributed by atoms with Crippen LogP contribution in [0.2, 0.25) is 0 Å². The molecule has 2 aromatic rings. The van der Waals surface area contributed by atoms with E-state index in [0.717, 1.165) is 48.1 Å². The van der Waals surface area contributed by atoms with Crippen LogP contribution in [0.15, 0.2) is 47.1 Å². The SMILES string of the molecule is N#Cc1ccccc1CN1CCC(C(=O)Nc2ccc(Br)cn2)CC1. The summed E-state index contributed by atoms with van der Waals surface area (Å²) in [5.74, 6) is 0.624. The summed E-state index contributed by atoms with van der Waals surface area (Å²) in [5.41, 5.74) is 1.77. The summed E-state index contributed by atoms with van der Waals surface area (Å²) in [7, 11) is 0. The minimum Gasteiger partial charge on any atom is -0.310 e. The van der Waals surface area contributed by atoms with Gasteiger partial charge < -0.3 is 5.32 Å². The van der Waals surface area contributed by atoms with E-state index in [1.807, 2.05) is 30.3 Å². The summed E-state index contributed by atoms with van der Waals surface area (Å²) in [6, 6.07) is 13.6. The van der Waals surface area contributed by atoms with Gasteiger partial charge in [-0.25, -0.2) is 4.98 Å². The van der Waals surface area contributed by atoms with Crippen LogP contribution in [-0.2, 0) is 11.3 Å². The second kappa shape index (κ2) is 8.24. The van der Waals surface area contributed by atoms with Gasteiger partial charge in [0.2, 0.25) is 5.91 Å². The highest BCUT2D eigenvalue weighted by atomic mass is 79.9. The van der Waals surface area contributed by atoms with E-state index in [1.165, 1.54) is 0 Å². The van der Waals surface area contributed by atoms with Gasteiger partial charge in [-0.1, -0.05) is 18.2 Å². The van der Waals surface area contributed by atoms with Crippen molar-refractivity contribution in [3.05, 3.63) is 58.2 Å². The molecule has 1 saturated heterocycles. The number of carbonyl (C=O) groups excluding carboxylic acids is 1. The number of anilines is 1. The van der Waals surface area contributed by atoms with Gasteiger partial charge in [-0.3, -0.25) is 9.69 Å². The molecule has 0 saturated carbocycles. The van der Waals surface area contributed by atoms with Crippen molar-refractivity contribution in [1.29, 1.82) is 5.26 Å². The van der Waals surface area contributed by atoms with E-state index < -0.39 is 0 Å². The molecule has 0 unspecified atom stereocenters. The number of halogens is 1. The highest BCUT2D eigenvalue weighted by molar-refractivity contribution is 9.10. The van der Waals surface area contributed by atoms with E-state index in [1.54, 1.807) is 12.3 Å². The number of benzene rings is 1. The fraction of sp³-hybridized carbons (Fsp3) is 0.316. The predicted molar refractivity (Wildman–Crippen MR) is 99.7 cm³/mol. The molecule has 0 spiro atoms. The molecular weight excluding hydrogens is 380 g/mol. The zero-order valence-electron chi connectivity index (χ0n) is 13.8. The Labute approximate surface area is 155 Å². The Bertz CT molecular complexity index is 777. The molecule has 1 fully saturated rings. The lowest BCUT2D eigenvalue weighted by Crippen LogP contribution is -2.38. The van der Waals surface area contributed by atoms with Crippen molar-refractivity contribution in [2.75, 3.05) is 18.4 Å². The van der Waals surface area contributed by atoms with E-state index >= 15 is 0 Å². The molecule has 6 heteroatoms. The number of pyridine rings is 1. The molecule has 1 aromatic carbocycles. The zero-order chi connectivity index (χ0) is 17.6. The topological polar surface area (TPSA) is 69.0 Å². The first kappa shape index (κ1) is 17.6. The molecule has 3 rings (SSSR count). The van der Waals surface area contributed by atoms with Crippen molar-refractivity contribution in [2.24, 2.45) is 5.92 Å². The van der Waals surface area contributed by atoms with Gasteiger partial charge in [0, 0.05) is 23.1 Å². The first-order chi connectivity index (χ1) is 12.2. The molecule has 128 valence electrons. The molecule has 0 bridgehead atoms. The second-order valence-electron chi connectivity index (χ2n) is 6.17. The summed E-state index contributed by atoms with van der Waals surface area (Å²) in [6.07, 6.45) is 3.30. The Morgan fingerprint density at radius 3 is 2.72 bits per heavy atom. The van der Waals surface area contributed by atoms with E-state index in [-0.39, 0.29) is 11.8 Å². The van der Waals surface area contributed by atoms with Crippen LogP contribution in [0.3, 0.4) is 0 Å². The normalized spacial score (nSPS) is 15.5. The van der Waals surface area contributed by atoms with Gasteiger partial charge in [-0.15, -0.1) is 0 Å². The molecule has 1 N–H and O–H groups in total. The molecule has 0 atom stereocenters. The maximum absolute atomic E-state index is 12.4. The quantitative estimate of drug-likeness (QED) is 0.854. The summed E-state index contributed by atoms with van der Waals surface area (Å²) in [6.45, 7) is 2.46. The number of aromatic nitrogens is 1. The lowest BCUT2D eigenvalue weighted by Gasteiger charge is -2.31. The summed E-state index contributed by atoms with van der Waals surface area (Å²) in [5, 5.41) is 12.1. The van der Waals surface area contributed by atoms with Gasteiger partial charge in [0.1, 0.15) is 5.82 Å². The number of nitrogens with one attached hydrogen (secondary N) is 1. The van der Waals surface area contributed by atoms with Gasteiger partial charge in [-0.2, -0.15) is 5.26 Å². The third kappa shape index (κ3) is 4.65. The average Bonchev–Trinajstić information content (AvgIpc) is 2.64. The van der Waals surface area contributed by atoms with Crippen LogP contribution in [0.25, 0.3) is 0 Å². The largest absolute Gasteiger partial charge is 0.310 e. The molecule has 1 aliphatic rings. The highest BCUT2D eigenvalue weighted by Crippen LogP contribution is 2.22. The smallest absolute Gasteiger partial charge is 0.228 e. The third-order valence-corrected chi connectivity index (χ3v) is 4.94. The molecule has 0 radical (unpaired) electrons. The van der Waals surface area contributed by atoms with Gasteiger partial charge >= 0.3 is 0 Å². The van der Waals surface area contributed by atoms with Crippen molar-refractivity contribution >= 4 is 27.7 Å². The minimum atomic E-state index is 0.00732. The van der Waals surface area contributed by atoms with Crippen LogP contribution in [0.4, 0.5) is 5.82 Å². The van der Waals surface area contributed by atoms with Crippen LogP contribution in [0.1, 0.15) is 24.0 Å². The highest BCUT2D eigenvalue weighted by Gasteiger charge is 2.25. The Morgan fingerprint density at radius 1 is 1.28 bits per heavy atom. The van der Waals surface area contributed by atoms with Crippen LogP contribution in [0.5, 0.6) is 0 Å². The van der Waals surface area contributed by atoms with Crippen LogP contribution in [0, 0.1) is 17.2 Å². The standard InChI is InChI=1S/C19H19BrN4O/c20-17-5-6-18(22-12-17)23-19(25)14-7-9-24(10-8-14)13-16-4-2-1-3-15(16)11-21/h1-6,12,14H,7-10,13H2,(H,22,23,25). The van der Waals surface area contributed by atoms with Gasteiger partial charge in [-0.05, 0) is 65.6 Å². The Kier molecular flexibility index (Phi) is 5.79. The molecule has 2 heterocycles. The third-order valence-electron chi connectivity index (χ3n) is 4.47. The zero-order valence-corrected chi connectivity index (χ0v) is 15.4. The number of hydrogen-bond donors (Lipinski definition) is 1. The number of amides is 1. The van der Waals surface area contributed by atoms with Crippen molar-refractivity contribution < 1.29 is 4.79 Å². The molecular formula is C19H19BrN4O. The summed E-state index contributed by atoms with van der Waals surface area (Å²) < 4.78 is 0.886.